The average Bonchev–Trinajstić information content (AvgIpc) is 3.17. The molecule has 4 rings (SSSR count). The van der Waals surface area contributed by atoms with E-state index in [9.17, 15) is 0 Å². The van der Waals surface area contributed by atoms with Gasteiger partial charge in [-0.05, 0) is 38.0 Å². The second kappa shape index (κ2) is 10.8. The summed E-state index contributed by atoms with van der Waals surface area (Å²) in [5, 5.41) is 0. The van der Waals surface area contributed by atoms with Crippen LogP contribution in [0.25, 0.3) is 11.2 Å². The van der Waals surface area contributed by atoms with Gasteiger partial charge in [-0.15, -0.1) is 0 Å². The molecule has 2 unspecified atom stereocenters. The monoisotopic (exact) mass is 479 g/mol. The second-order valence-electron chi connectivity index (χ2n) is 7.30. The number of rotatable bonds is 9. The molecule has 0 spiro atoms. The number of nitrogens with zero attached hydrogens (tertiary/aromatic N) is 4. The topological polar surface area (TPSA) is 97.3 Å². The zero-order valence-electron chi connectivity index (χ0n) is 17.5. The van der Waals surface area contributed by atoms with E-state index in [1.165, 1.54) is 6.33 Å². The molecule has 0 saturated carbocycles. The SMILES string of the molecule is Cc1cccc(OP(COC(C)Cn2cnc3c(N)ncnc32)O[C@@H]2CCSSC2)c1. The molecule has 1 aliphatic rings. The van der Waals surface area contributed by atoms with E-state index in [-0.39, 0.29) is 12.2 Å². The van der Waals surface area contributed by atoms with Crippen molar-refractivity contribution in [3.8, 4) is 5.75 Å². The number of benzene rings is 1. The maximum Gasteiger partial charge on any atom is 0.258 e. The van der Waals surface area contributed by atoms with Crippen LogP contribution in [0.4, 0.5) is 5.82 Å². The summed E-state index contributed by atoms with van der Waals surface area (Å²) in [6, 6.07) is 8.03. The highest BCUT2D eigenvalue weighted by atomic mass is 33.1. The summed E-state index contributed by atoms with van der Waals surface area (Å²) in [5.74, 6) is 3.26. The summed E-state index contributed by atoms with van der Waals surface area (Å²) in [6.45, 7) is 4.66. The highest BCUT2D eigenvalue weighted by Crippen LogP contribution is 2.44. The molecule has 0 bridgehead atoms. The third-order valence-corrected chi connectivity index (χ3v) is 8.46. The van der Waals surface area contributed by atoms with Crippen LogP contribution >= 0.6 is 30.0 Å². The number of aromatic nitrogens is 4. The van der Waals surface area contributed by atoms with Gasteiger partial charge in [0.2, 0.25) is 0 Å². The molecule has 0 radical (unpaired) electrons. The number of nitrogens with two attached hydrogens (primary N) is 1. The lowest BCUT2D eigenvalue weighted by Crippen LogP contribution is -2.21. The van der Waals surface area contributed by atoms with E-state index in [1.54, 1.807) is 6.33 Å². The normalized spacial score (nSPS) is 18.7. The van der Waals surface area contributed by atoms with Crippen molar-refractivity contribution in [1.29, 1.82) is 0 Å². The van der Waals surface area contributed by atoms with Crippen molar-refractivity contribution < 1.29 is 13.8 Å². The quantitative estimate of drug-likeness (QED) is 0.348. The van der Waals surface area contributed by atoms with Crippen molar-refractivity contribution in [1.82, 2.24) is 19.5 Å². The molecular formula is C20H26N5O3PS2. The van der Waals surface area contributed by atoms with E-state index < -0.39 is 8.38 Å². The van der Waals surface area contributed by atoms with Gasteiger partial charge < -0.3 is 24.1 Å². The molecule has 11 heteroatoms. The van der Waals surface area contributed by atoms with Gasteiger partial charge in [-0.25, -0.2) is 15.0 Å². The van der Waals surface area contributed by atoms with E-state index in [0.29, 0.717) is 29.9 Å². The predicted octanol–water partition coefficient (Wildman–Crippen LogP) is 4.64. The second-order valence-corrected chi connectivity index (χ2v) is 11.2. The molecular weight excluding hydrogens is 453 g/mol. The molecule has 1 saturated heterocycles. The van der Waals surface area contributed by atoms with Gasteiger partial charge in [-0.1, -0.05) is 33.7 Å². The van der Waals surface area contributed by atoms with Gasteiger partial charge in [0, 0.05) is 11.5 Å². The highest BCUT2D eigenvalue weighted by molar-refractivity contribution is 8.76. The van der Waals surface area contributed by atoms with Crippen LogP contribution in [0.5, 0.6) is 5.75 Å². The summed E-state index contributed by atoms with van der Waals surface area (Å²) in [5.41, 5.74) is 8.34. The molecule has 8 nitrogen and oxygen atoms in total. The minimum absolute atomic E-state index is 0.0837. The molecule has 3 atom stereocenters. The third-order valence-electron chi connectivity index (χ3n) is 4.67. The Bertz CT molecular complexity index is 1000. The molecule has 2 N–H and O–H groups in total. The lowest BCUT2D eigenvalue weighted by atomic mass is 10.2. The molecule has 1 aliphatic heterocycles. The Morgan fingerprint density at radius 3 is 3.00 bits per heavy atom. The number of fused-ring (bicyclic) bond motifs is 1. The van der Waals surface area contributed by atoms with Crippen molar-refractivity contribution in [3.05, 3.63) is 42.5 Å². The Kier molecular flexibility index (Phi) is 7.90. The molecule has 1 aromatic carbocycles. The lowest BCUT2D eigenvalue weighted by Gasteiger charge is -2.27. The number of nitrogen functional groups attached to an aromatic ring is 1. The van der Waals surface area contributed by atoms with Gasteiger partial charge in [0.05, 0.1) is 25.1 Å². The van der Waals surface area contributed by atoms with Crippen LogP contribution in [-0.2, 0) is 15.8 Å². The first-order chi connectivity index (χ1) is 15.1. The summed E-state index contributed by atoms with van der Waals surface area (Å²) >= 11 is 0. The summed E-state index contributed by atoms with van der Waals surface area (Å²) < 4.78 is 20.6. The van der Waals surface area contributed by atoms with Crippen molar-refractivity contribution >= 4 is 46.9 Å². The van der Waals surface area contributed by atoms with E-state index in [4.69, 9.17) is 19.5 Å². The van der Waals surface area contributed by atoms with Crippen molar-refractivity contribution in [3.63, 3.8) is 0 Å². The third kappa shape index (κ3) is 6.23. The first-order valence-electron chi connectivity index (χ1n) is 10.0. The summed E-state index contributed by atoms with van der Waals surface area (Å²) in [7, 11) is 2.53. The van der Waals surface area contributed by atoms with Crippen LogP contribution < -0.4 is 10.3 Å². The Morgan fingerprint density at radius 2 is 2.19 bits per heavy atom. The van der Waals surface area contributed by atoms with Crippen molar-refractivity contribution in [2.24, 2.45) is 0 Å². The Morgan fingerprint density at radius 1 is 1.29 bits per heavy atom. The average molecular weight is 480 g/mol. The van der Waals surface area contributed by atoms with Crippen LogP contribution in [0, 0.1) is 6.92 Å². The first kappa shape index (κ1) is 22.6. The van der Waals surface area contributed by atoms with E-state index in [2.05, 4.69) is 27.9 Å². The fourth-order valence-corrected chi connectivity index (χ4v) is 6.95. The molecule has 0 aliphatic carbocycles. The highest BCUT2D eigenvalue weighted by Gasteiger charge is 2.24. The number of ether oxygens (including phenoxy) is 1. The number of hydrogen-bond acceptors (Lipinski definition) is 9. The molecule has 0 amide bonds. The van der Waals surface area contributed by atoms with Crippen LogP contribution in [0.1, 0.15) is 18.9 Å². The minimum atomic E-state index is -1.22. The van der Waals surface area contributed by atoms with Crippen molar-refractivity contribution in [2.75, 3.05) is 23.6 Å². The largest absolute Gasteiger partial charge is 0.446 e. The smallest absolute Gasteiger partial charge is 0.258 e. The fraction of sp³-hybridized carbons (Fsp3) is 0.450. The van der Waals surface area contributed by atoms with Gasteiger partial charge in [0.1, 0.15) is 23.9 Å². The van der Waals surface area contributed by atoms with Crippen molar-refractivity contribution in [2.45, 2.75) is 39.0 Å². The van der Waals surface area contributed by atoms with Crippen LogP contribution in [0.2, 0.25) is 0 Å². The zero-order valence-corrected chi connectivity index (χ0v) is 20.0. The maximum absolute atomic E-state index is 6.33. The first-order valence-corrected chi connectivity index (χ1v) is 13.9. The van der Waals surface area contributed by atoms with Crippen LogP contribution in [-0.4, -0.2) is 49.6 Å². The number of imidazole rings is 1. The summed E-state index contributed by atoms with van der Waals surface area (Å²) in [4.78, 5) is 12.6. The maximum atomic E-state index is 6.33. The van der Waals surface area contributed by atoms with E-state index in [1.807, 2.05) is 51.3 Å². The van der Waals surface area contributed by atoms with Gasteiger partial charge >= 0.3 is 0 Å². The molecule has 3 heterocycles. The number of anilines is 1. The molecule has 31 heavy (non-hydrogen) atoms. The Balaban J connectivity index is 1.38. The standard InChI is InChI=1S/C20H26N5O3PS2/c1-14-4-3-5-16(8-14)27-29(28-17-6-7-30-31-10-17)13-26-15(2)9-25-12-24-18-19(21)22-11-23-20(18)25/h3-5,8,11-12,15,17H,6-7,9-10,13H2,1-2H3,(H2,21,22,23)/t15?,17-,29?/m1/s1. The number of aryl methyl sites for hydroxylation is 1. The van der Waals surface area contributed by atoms with Gasteiger partial charge in [0.15, 0.2) is 11.5 Å². The zero-order chi connectivity index (χ0) is 21.6. The lowest BCUT2D eigenvalue weighted by molar-refractivity contribution is 0.0764. The molecule has 166 valence electrons. The molecule has 2 aromatic heterocycles. The Labute approximate surface area is 191 Å². The number of hydrogen-bond donors (Lipinski definition) is 1. The van der Waals surface area contributed by atoms with E-state index in [0.717, 1.165) is 29.2 Å². The Hall–Kier alpha value is -1.58. The molecule has 1 fully saturated rings. The predicted molar refractivity (Wildman–Crippen MR) is 128 cm³/mol. The van der Waals surface area contributed by atoms with Crippen LogP contribution in [0.15, 0.2) is 36.9 Å². The fourth-order valence-electron chi connectivity index (χ4n) is 3.11. The van der Waals surface area contributed by atoms with Crippen LogP contribution in [0.3, 0.4) is 0 Å². The minimum Gasteiger partial charge on any atom is -0.446 e. The summed E-state index contributed by atoms with van der Waals surface area (Å²) in [6.07, 6.45) is 4.70. The van der Waals surface area contributed by atoms with E-state index >= 15 is 0 Å². The van der Waals surface area contributed by atoms with Gasteiger partial charge in [-0.2, -0.15) is 0 Å². The van der Waals surface area contributed by atoms with Gasteiger partial charge in [0.25, 0.3) is 8.38 Å². The van der Waals surface area contributed by atoms with Gasteiger partial charge in [-0.3, -0.25) is 0 Å². The molecule has 3 aromatic rings.